The van der Waals surface area contributed by atoms with Crippen molar-refractivity contribution in [3.05, 3.63) is 69.8 Å². The number of nitrogens with one attached hydrogen (secondary N) is 1. The molecule has 2 aromatic carbocycles. The van der Waals surface area contributed by atoms with E-state index in [0.717, 1.165) is 33.5 Å². The molecule has 0 spiro atoms. The Kier molecular flexibility index (Phi) is 6.68. The fraction of sp³-hybridized carbons (Fsp3) is 0.273. The number of amides is 1. The number of hydrogen-bond acceptors (Lipinski definition) is 4. The highest BCUT2D eigenvalue weighted by atomic mass is 35.5. The van der Waals surface area contributed by atoms with E-state index in [1.807, 2.05) is 60.1 Å². The number of benzene rings is 2. The summed E-state index contributed by atoms with van der Waals surface area (Å²) < 4.78 is 2.10. The minimum absolute atomic E-state index is 0.0461. The molecule has 0 atom stereocenters. The second-order valence-corrected chi connectivity index (χ2v) is 11.5. The van der Waals surface area contributed by atoms with Gasteiger partial charge in [-0.1, -0.05) is 47.5 Å². The predicted octanol–water partition coefficient (Wildman–Crippen LogP) is 6.03. The van der Waals surface area contributed by atoms with Crippen LogP contribution in [0.2, 0.25) is 10.0 Å². The number of carbonyl (C=O) groups is 1. The first-order chi connectivity index (χ1) is 14.4. The number of thioether (sulfide) groups is 2. The van der Waals surface area contributed by atoms with Gasteiger partial charge in [-0.15, -0.1) is 23.5 Å². The Morgan fingerprint density at radius 3 is 2.73 bits per heavy atom. The van der Waals surface area contributed by atoms with E-state index < -0.39 is 0 Å². The van der Waals surface area contributed by atoms with Gasteiger partial charge in [0.2, 0.25) is 5.91 Å². The fourth-order valence-corrected chi connectivity index (χ4v) is 6.66. The molecule has 156 valence electrons. The summed E-state index contributed by atoms with van der Waals surface area (Å²) in [4.78, 5) is 12.3. The summed E-state index contributed by atoms with van der Waals surface area (Å²) in [5.74, 6) is 2.13. The third kappa shape index (κ3) is 4.99. The van der Waals surface area contributed by atoms with Crippen molar-refractivity contribution in [2.45, 2.75) is 24.0 Å². The van der Waals surface area contributed by atoms with Gasteiger partial charge in [0.05, 0.1) is 26.8 Å². The van der Waals surface area contributed by atoms with Crippen molar-refractivity contribution in [3.63, 3.8) is 0 Å². The Hall–Kier alpha value is -1.60. The normalized spacial score (nSPS) is 15.8. The Balaban J connectivity index is 1.50. The molecule has 1 aromatic heterocycles. The van der Waals surface area contributed by atoms with Gasteiger partial charge in [0.15, 0.2) is 0 Å². The number of para-hydroxylation sites is 1. The lowest BCUT2D eigenvalue weighted by Gasteiger charge is -2.19. The summed E-state index contributed by atoms with van der Waals surface area (Å²) in [7, 11) is 0. The number of fused-ring (bicyclic) bond motifs is 1. The molecule has 1 aliphatic rings. The van der Waals surface area contributed by atoms with Crippen molar-refractivity contribution in [1.29, 1.82) is 0 Å². The maximum Gasteiger partial charge on any atom is 0.242 e. The molecule has 2 heterocycles. The van der Waals surface area contributed by atoms with Gasteiger partial charge in [-0.3, -0.25) is 4.79 Å². The molecule has 0 saturated carbocycles. The standard InChI is InChI=1S/C22H21Cl2N3OS2/c1-22(29-8-9-30-22)11-21(28)26-25-12-16-14-27(20-5-3-2-4-17(16)20)13-15-6-7-18(23)19(24)10-15/h2-7,10,12,14H,8-9,11,13H2,1H3,(H,26,28)/b25-12-. The molecule has 4 nitrogen and oxygen atoms in total. The van der Waals surface area contributed by atoms with Crippen molar-refractivity contribution in [3.8, 4) is 0 Å². The molecule has 1 N–H and O–H groups in total. The zero-order valence-corrected chi connectivity index (χ0v) is 19.5. The second kappa shape index (κ2) is 9.27. The number of nitrogens with zero attached hydrogens (tertiary/aromatic N) is 2. The number of rotatable bonds is 6. The van der Waals surface area contributed by atoms with E-state index in [1.165, 1.54) is 0 Å². The summed E-state index contributed by atoms with van der Waals surface area (Å²) in [5, 5.41) is 6.38. The molecule has 4 rings (SSSR count). The van der Waals surface area contributed by atoms with Crippen LogP contribution in [-0.4, -0.2) is 32.3 Å². The first-order valence-corrected chi connectivity index (χ1v) is 12.3. The van der Waals surface area contributed by atoms with E-state index in [1.54, 1.807) is 6.21 Å². The maximum atomic E-state index is 12.3. The second-order valence-electron chi connectivity index (χ2n) is 7.28. The minimum atomic E-state index is -0.0600. The summed E-state index contributed by atoms with van der Waals surface area (Å²) >= 11 is 15.9. The molecule has 0 aliphatic carbocycles. The van der Waals surface area contributed by atoms with Gasteiger partial charge < -0.3 is 4.57 Å². The highest BCUT2D eigenvalue weighted by molar-refractivity contribution is 8.21. The molecule has 8 heteroatoms. The summed E-state index contributed by atoms with van der Waals surface area (Å²) in [6.45, 7) is 2.78. The SMILES string of the molecule is CC1(CC(=O)N/N=C\c2cn(Cc3ccc(Cl)c(Cl)c3)c3ccccc23)SCCS1. The van der Waals surface area contributed by atoms with Crippen LogP contribution in [0, 0.1) is 0 Å². The van der Waals surface area contributed by atoms with Crippen LogP contribution in [0.5, 0.6) is 0 Å². The van der Waals surface area contributed by atoms with Crippen LogP contribution in [0.25, 0.3) is 10.9 Å². The number of aromatic nitrogens is 1. The van der Waals surface area contributed by atoms with Crippen molar-refractivity contribution in [2.75, 3.05) is 11.5 Å². The Morgan fingerprint density at radius 1 is 1.20 bits per heavy atom. The van der Waals surface area contributed by atoms with Crippen molar-refractivity contribution < 1.29 is 4.79 Å². The molecule has 0 radical (unpaired) electrons. The molecule has 0 bridgehead atoms. The van der Waals surface area contributed by atoms with E-state index in [4.69, 9.17) is 23.2 Å². The molecule has 1 amide bonds. The van der Waals surface area contributed by atoms with Gasteiger partial charge in [0.1, 0.15) is 0 Å². The maximum absolute atomic E-state index is 12.3. The van der Waals surface area contributed by atoms with Crippen LogP contribution in [0.1, 0.15) is 24.5 Å². The molecule has 1 fully saturated rings. The molecular formula is C22H21Cl2N3OS2. The van der Waals surface area contributed by atoms with Crippen LogP contribution in [-0.2, 0) is 11.3 Å². The monoisotopic (exact) mass is 477 g/mol. The zero-order valence-electron chi connectivity index (χ0n) is 16.4. The van der Waals surface area contributed by atoms with E-state index in [9.17, 15) is 4.79 Å². The average molecular weight is 478 g/mol. The quantitative estimate of drug-likeness (QED) is 0.348. The largest absolute Gasteiger partial charge is 0.342 e. The Morgan fingerprint density at radius 2 is 1.97 bits per heavy atom. The van der Waals surface area contributed by atoms with Gasteiger partial charge >= 0.3 is 0 Å². The molecule has 30 heavy (non-hydrogen) atoms. The van der Waals surface area contributed by atoms with E-state index in [2.05, 4.69) is 34.2 Å². The van der Waals surface area contributed by atoms with Crippen LogP contribution in [0.3, 0.4) is 0 Å². The smallest absolute Gasteiger partial charge is 0.242 e. The molecular weight excluding hydrogens is 457 g/mol. The van der Waals surface area contributed by atoms with Crippen molar-refractivity contribution in [1.82, 2.24) is 9.99 Å². The summed E-state index contributed by atoms with van der Waals surface area (Å²) in [5.41, 5.74) is 5.77. The number of hydrogen-bond donors (Lipinski definition) is 1. The van der Waals surface area contributed by atoms with Gasteiger partial charge in [0.25, 0.3) is 0 Å². The lowest BCUT2D eigenvalue weighted by Crippen LogP contribution is -2.26. The summed E-state index contributed by atoms with van der Waals surface area (Å²) in [6, 6.07) is 13.8. The molecule has 0 unspecified atom stereocenters. The highest BCUT2D eigenvalue weighted by Gasteiger charge is 2.32. The van der Waals surface area contributed by atoms with Crippen LogP contribution in [0.4, 0.5) is 0 Å². The first kappa shape index (κ1) is 21.6. The molecule has 1 saturated heterocycles. The lowest BCUT2D eigenvalue weighted by molar-refractivity contribution is -0.121. The van der Waals surface area contributed by atoms with E-state index >= 15 is 0 Å². The van der Waals surface area contributed by atoms with Crippen molar-refractivity contribution >= 4 is 69.8 Å². The minimum Gasteiger partial charge on any atom is -0.342 e. The topological polar surface area (TPSA) is 46.4 Å². The Labute approximate surface area is 194 Å². The third-order valence-corrected chi connectivity index (χ3v) is 8.96. The van der Waals surface area contributed by atoms with Gasteiger partial charge in [-0.2, -0.15) is 5.10 Å². The number of halogens is 2. The molecule has 3 aromatic rings. The van der Waals surface area contributed by atoms with Gasteiger partial charge in [0, 0.05) is 40.7 Å². The first-order valence-electron chi connectivity index (χ1n) is 9.55. The zero-order chi connectivity index (χ0) is 21.1. The molecule has 1 aliphatic heterocycles. The van der Waals surface area contributed by atoms with Crippen LogP contribution in [0.15, 0.2) is 53.8 Å². The number of hydrazone groups is 1. The van der Waals surface area contributed by atoms with Gasteiger partial charge in [-0.05, 0) is 30.7 Å². The van der Waals surface area contributed by atoms with E-state index in [0.29, 0.717) is 23.0 Å². The third-order valence-electron chi connectivity index (χ3n) is 4.93. The number of carbonyl (C=O) groups excluding carboxylic acids is 1. The predicted molar refractivity (Wildman–Crippen MR) is 131 cm³/mol. The fourth-order valence-electron chi connectivity index (χ4n) is 3.51. The Bertz CT molecular complexity index is 1110. The van der Waals surface area contributed by atoms with Crippen LogP contribution >= 0.6 is 46.7 Å². The van der Waals surface area contributed by atoms with Crippen molar-refractivity contribution in [2.24, 2.45) is 5.10 Å². The van der Waals surface area contributed by atoms with Gasteiger partial charge in [-0.25, -0.2) is 5.43 Å². The van der Waals surface area contributed by atoms with E-state index in [-0.39, 0.29) is 9.99 Å². The van der Waals surface area contributed by atoms with Crippen LogP contribution < -0.4 is 5.43 Å². The lowest BCUT2D eigenvalue weighted by atomic mass is 10.2. The summed E-state index contributed by atoms with van der Waals surface area (Å²) in [6.07, 6.45) is 4.20. The average Bonchev–Trinajstić information content (AvgIpc) is 3.29. The highest BCUT2D eigenvalue weighted by Crippen LogP contribution is 2.45.